The summed E-state index contributed by atoms with van der Waals surface area (Å²) in [6.45, 7) is 6.43. The lowest BCUT2D eigenvalue weighted by Gasteiger charge is -2.20. The van der Waals surface area contributed by atoms with Gasteiger partial charge in [0.2, 0.25) is 0 Å². The van der Waals surface area contributed by atoms with Crippen LogP contribution in [0.2, 0.25) is 0 Å². The molecule has 0 amide bonds. The van der Waals surface area contributed by atoms with Crippen molar-refractivity contribution in [2.75, 3.05) is 0 Å². The van der Waals surface area contributed by atoms with Crippen LogP contribution in [0.15, 0.2) is 12.4 Å². The van der Waals surface area contributed by atoms with Gasteiger partial charge in [0, 0.05) is 30.1 Å². The fraction of sp³-hybridized carbons (Fsp3) is 0.700. The molecule has 2 unspecified atom stereocenters. The van der Waals surface area contributed by atoms with E-state index in [0.29, 0.717) is 10.5 Å². The van der Waals surface area contributed by atoms with Crippen LogP contribution in [0.5, 0.6) is 0 Å². The molecule has 3 nitrogen and oxygen atoms in total. The lowest BCUT2D eigenvalue weighted by atomic mass is 10.1. The van der Waals surface area contributed by atoms with Crippen LogP contribution < -0.4 is 5.73 Å². The first kappa shape index (κ1) is 11.6. The molecule has 1 rings (SSSR count). The van der Waals surface area contributed by atoms with Crippen molar-refractivity contribution in [3.05, 3.63) is 18.0 Å². The average molecular weight is 213 g/mol. The van der Waals surface area contributed by atoms with Crippen molar-refractivity contribution < 1.29 is 0 Å². The largest absolute Gasteiger partial charge is 0.327 e. The van der Waals surface area contributed by atoms with Gasteiger partial charge in [0.1, 0.15) is 0 Å². The highest BCUT2D eigenvalue weighted by Gasteiger charge is 2.19. The van der Waals surface area contributed by atoms with E-state index in [0.717, 1.165) is 0 Å². The summed E-state index contributed by atoms with van der Waals surface area (Å²) >= 11 is 1.90. The molecule has 0 radical (unpaired) electrons. The molecule has 0 saturated carbocycles. The van der Waals surface area contributed by atoms with Gasteiger partial charge in [-0.05, 0) is 12.2 Å². The maximum absolute atomic E-state index is 5.97. The van der Waals surface area contributed by atoms with Crippen LogP contribution in [0.25, 0.3) is 0 Å². The van der Waals surface area contributed by atoms with Crippen LogP contribution in [0.4, 0.5) is 0 Å². The van der Waals surface area contributed by atoms with Gasteiger partial charge in [-0.3, -0.25) is 4.68 Å². The first-order valence-electron chi connectivity index (χ1n) is 4.90. The van der Waals surface area contributed by atoms with Gasteiger partial charge >= 0.3 is 0 Å². The Hall–Kier alpha value is -0.480. The Labute approximate surface area is 90.1 Å². The van der Waals surface area contributed by atoms with Gasteiger partial charge in [0.25, 0.3) is 0 Å². The third kappa shape index (κ3) is 3.03. The zero-order valence-electron chi connectivity index (χ0n) is 9.27. The number of aryl methyl sites for hydroxylation is 1. The maximum Gasteiger partial charge on any atom is 0.0533 e. The van der Waals surface area contributed by atoms with Crippen molar-refractivity contribution >= 4 is 11.8 Å². The topological polar surface area (TPSA) is 43.8 Å². The smallest absolute Gasteiger partial charge is 0.0533 e. The monoisotopic (exact) mass is 213 g/mol. The highest BCUT2D eigenvalue weighted by Crippen LogP contribution is 2.33. The number of hydrogen-bond donors (Lipinski definition) is 1. The number of nitrogens with two attached hydrogens (primary N) is 1. The molecule has 4 heteroatoms. The molecule has 1 aromatic heterocycles. The first-order chi connectivity index (χ1) is 6.50. The molecule has 0 aliphatic heterocycles. The van der Waals surface area contributed by atoms with E-state index in [4.69, 9.17) is 5.73 Å². The number of nitrogens with zero attached hydrogens (tertiary/aromatic N) is 2. The van der Waals surface area contributed by atoms with E-state index in [-0.39, 0.29) is 6.04 Å². The lowest BCUT2D eigenvalue weighted by molar-refractivity contribution is 0.716. The van der Waals surface area contributed by atoms with E-state index in [1.807, 2.05) is 42.8 Å². The molecule has 80 valence electrons. The van der Waals surface area contributed by atoms with Crippen molar-refractivity contribution in [3.8, 4) is 0 Å². The quantitative estimate of drug-likeness (QED) is 0.831. The Bertz CT molecular complexity index is 281. The van der Waals surface area contributed by atoms with Crippen molar-refractivity contribution in [1.82, 2.24) is 9.78 Å². The zero-order valence-corrected chi connectivity index (χ0v) is 10.1. The van der Waals surface area contributed by atoms with Crippen LogP contribution in [-0.2, 0) is 7.05 Å². The number of rotatable bonds is 4. The maximum atomic E-state index is 5.97. The molecular weight excluding hydrogens is 194 g/mol. The second-order valence-electron chi connectivity index (χ2n) is 3.91. The minimum atomic E-state index is 0.159. The zero-order chi connectivity index (χ0) is 10.7. The molecule has 0 aliphatic rings. The summed E-state index contributed by atoms with van der Waals surface area (Å²) in [5, 5.41) is 5.11. The van der Waals surface area contributed by atoms with Crippen LogP contribution in [0.1, 0.15) is 31.6 Å². The number of hydrogen-bond acceptors (Lipinski definition) is 3. The van der Waals surface area contributed by atoms with E-state index >= 15 is 0 Å². The molecular formula is C10H19N3S. The Morgan fingerprint density at radius 1 is 1.43 bits per heavy atom. The standard InChI is InChI=1S/C10H19N3S/c1-7(2)14-10(8(3)11)9-5-12-13(4)6-9/h5-8,10H,11H2,1-4H3. The molecule has 2 N–H and O–H groups in total. The number of thioether (sulfide) groups is 1. The van der Waals surface area contributed by atoms with Crippen LogP contribution in [-0.4, -0.2) is 21.1 Å². The first-order valence-corrected chi connectivity index (χ1v) is 5.84. The summed E-state index contributed by atoms with van der Waals surface area (Å²) in [5.74, 6) is 0. The fourth-order valence-corrected chi connectivity index (χ4v) is 2.50. The predicted molar refractivity (Wildman–Crippen MR) is 62.3 cm³/mol. The Morgan fingerprint density at radius 2 is 2.07 bits per heavy atom. The van der Waals surface area contributed by atoms with Gasteiger partial charge in [0.05, 0.1) is 6.20 Å². The Kier molecular flexibility index (Phi) is 4.01. The molecule has 0 fully saturated rings. The van der Waals surface area contributed by atoms with Gasteiger partial charge in [0.15, 0.2) is 0 Å². The highest BCUT2D eigenvalue weighted by molar-refractivity contribution is 8.00. The lowest BCUT2D eigenvalue weighted by Crippen LogP contribution is -2.23. The molecule has 0 spiro atoms. The summed E-state index contributed by atoms with van der Waals surface area (Å²) in [6, 6.07) is 0.159. The number of aromatic nitrogens is 2. The Morgan fingerprint density at radius 3 is 2.43 bits per heavy atom. The summed E-state index contributed by atoms with van der Waals surface area (Å²) < 4.78 is 1.82. The fourth-order valence-electron chi connectivity index (χ4n) is 1.39. The van der Waals surface area contributed by atoms with E-state index in [1.54, 1.807) is 0 Å². The predicted octanol–water partition coefficient (Wildman–Crippen LogP) is 1.95. The van der Waals surface area contributed by atoms with Crippen LogP contribution in [0, 0.1) is 0 Å². The third-order valence-corrected chi connectivity index (χ3v) is 3.49. The van der Waals surface area contributed by atoms with Crippen molar-refractivity contribution in [1.29, 1.82) is 0 Å². The summed E-state index contributed by atoms with van der Waals surface area (Å²) in [7, 11) is 1.93. The normalized spacial score (nSPS) is 15.9. The van der Waals surface area contributed by atoms with Gasteiger partial charge in [-0.2, -0.15) is 5.10 Å². The second kappa shape index (κ2) is 4.84. The van der Waals surface area contributed by atoms with E-state index < -0.39 is 0 Å². The molecule has 0 aromatic carbocycles. The van der Waals surface area contributed by atoms with Crippen molar-refractivity contribution in [3.63, 3.8) is 0 Å². The van der Waals surface area contributed by atoms with Gasteiger partial charge < -0.3 is 5.73 Å². The SMILES string of the molecule is CC(C)SC(c1cnn(C)c1)C(C)N. The molecule has 1 heterocycles. The highest BCUT2D eigenvalue weighted by atomic mass is 32.2. The summed E-state index contributed by atoms with van der Waals surface area (Å²) in [4.78, 5) is 0. The second-order valence-corrected chi connectivity index (χ2v) is 5.63. The molecule has 0 saturated heterocycles. The molecule has 1 aromatic rings. The van der Waals surface area contributed by atoms with Gasteiger partial charge in [-0.15, -0.1) is 11.8 Å². The molecule has 2 atom stereocenters. The van der Waals surface area contributed by atoms with E-state index in [2.05, 4.69) is 18.9 Å². The minimum absolute atomic E-state index is 0.159. The van der Waals surface area contributed by atoms with Gasteiger partial charge in [-0.25, -0.2) is 0 Å². The van der Waals surface area contributed by atoms with E-state index in [9.17, 15) is 0 Å². The Balaban J connectivity index is 2.77. The summed E-state index contributed by atoms with van der Waals surface area (Å²) in [6.07, 6.45) is 3.95. The van der Waals surface area contributed by atoms with Crippen LogP contribution in [0.3, 0.4) is 0 Å². The van der Waals surface area contributed by atoms with Crippen molar-refractivity contribution in [2.45, 2.75) is 37.3 Å². The van der Waals surface area contributed by atoms with Crippen molar-refractivity contribution in [2.24, 2.45) is 12.8 Å². The molecule has 0 bridgehead atoms. The molecule has 14 heavy (non-hydrogen) atoms. The van der Waals surface area contributed by atoms with Gasteiger partial charge in [-0.1, -0.05) is 13.8 Å². The molecule has 0 aliphatic carbocycles. The average Bonchev–Trinajstić information content (AvgIpc) is 2.46. The van der Waals surface area contributed by atoms with E-state index in [1.165, 1.54) is 5.56 Å². The minimum Gasteiger partial charge on any atom is -0.327 e. The summed E-state index contributed by atoms with van der Waals surface area (Å²) in [5.41, 5.74) is 7.19. The third-order valence-electron chi connectivity index (χ3n) is 1.95. The van der Waals surface area contributed by atoms with Crippen LogP contribution >= 0.6 is 11.8 Å².